The monoisotopic (exact) mass is 352 g/mol. The van der Waals surface area contributed by atoms with Crippen molar-refractivity contribution in [1.29, 1.82) is 5.26 Å². The summed E-state index contributed by atoms with van der Waals surface area (Å²) in [4.78, 5) is 13.3. The fourth-order valence-electron chi connectivity index (χ4n) is 2.87. The maximum absolute atomic E-state index is 9.26. The maximum Gasteiger partial charge on any atom is 0.136 e. The normalized spacial score (nSPS) is 10.4. The van der Waals surface area contributed by atoms with Gasteiger partial charge < -0.3 is 10.6 Å². The quantitative estimate of drug-likeness (QED) is 0.554. The van der Waals surface area contributed by atoms with Gasteiger partial charge in [0.05, 0.1) is 22.5 Å². The van der Waals surface area contributed by atoms with Crippen molar-refractivity contribution < 1.29 is 0 Å². The fraction of sp³-hybridized carbons (Fsp3) is 0.0476. The Hall–Kier alpha value is -3.98. The van der Waals surface area contributed by atoms with E-state index in [2.05, 4.69) is 31.7 Å². The summed E-state index contributed by atoms with van der Waals surface area (Å²) in [5.41, 5.74) is 3.01. The molecule has 0 fully saturated rings. The summed E-state index contributed by atoms with van der Waals surface area (Å²) in [6, 6.07) is 21.2. The fourth-order valence-corrected chi connectivity index (χ4v) is 2.87. The van der Waals surface area contributed by atoms with E-state index in [0.717, 1.165) is 16.6 Å². The summed E-state index contributed by atoms with van der Waals surface area (Å²) >= 11 is 0. The standard InChI is InChI=1S/C21H16N6/c1-14-24-19(26-17-9-3-2-6-16(17)13-22)12-20(25-14)27-18-10-4-7-15-8-5-11-23-21(15)18/h2-12H,1H3,(H2,24,25,26,27). The van der Waals surface area contributed by atoms with Crippen LogP contribution in [0.3, 0.4) is 0 Å². The van der Waals surface area contributed by atoms with Crippen LogP contribution < -0.4 is 10.6 Å². The zero-order valence-corrected chi connectivity index (χ0v) is 14.6. The molecule has 6 nitrogen and oxygen atoms in total. The molecule has 2 heterocycles. The number of para-hydroxylation sites is 2. The highest BCUT2D eigenvalue weighted by atomic mass is 15.1. The number of benzene rings is 2. The molecule has 2 aromatic carbocycles. The minimum Gasteiger partial charge on any atom is -0.339 e. The Morgan fingerprint density at radius 2 is 1.56 bits per heavy atom. The minimum absolute atomic E-state index is 0.557. The third-order valence-corrected chi connectivity index (χ3v) is 4.04. The Morgan fingerprint density at radius 1 is 0.852 bits per heavy atom. The zero-order valence-electron chi connectivity index (χ0n) is 14.6. The van der Waals surface area contributed by atoms with E-state index >= 15 is 0 Å². The van der Waals surface area contributed by atoms with Crippen molar-refractivity contribution in [3.8, 4) is 6.07 Å². The van der Waals surface area contributed by atoms with Crippen molar-refractivity contribution in [2.75, 3.05) is 10.6 Å². The Labute approximate surface area is 156 Å². The van der Waals surface area contributed by atoms with E-state index in [-0.39, 0.29) is 0 Å². The van der Waals surface area contributed by atoms with Crippen LogP contribution in [-0.2, 0) is 0 Å². The number of rotatable bonds is 4. The van der Waals surface area contributed by atoms with Gasteiger partial charge in [0.25, 0.3) is 0 Å². The second-order valence-electron chi connectivity index (χ2n) is 5.97. The molecule has 0 saturated heterocycles. The molecular formula is C21H16N6. The second-order valence-corrected chi connectivity index (χ2v) is 5.97. The number of anilines is 4. The molecule has 6 heteroatoms. The molecule has 0 amide bonds. The van der Waals surface area contributed by atoms with Gasteiger partial charge in [-0.05, 0) is 31.2 Å². The molecule has 0 aliphatic carbocycles. The van der Waals surface area contributed by atoms with Gasteiger partial charge in [-0.1, -0.05) is 30.3 Å². The lowest BCUT2D eigenvalue weighted by atomic mass is 10.2. The van der Waals surface area contributed by atoms with Crippen LogP contribution in [0.5, 0.6) is 0 Å². The predicted molar refractivity (Wildman–Crippen MR) is 106 cm³/mol. The van der Waals surface area contributed by atoms with Crippen molar-refractivity contribution in [2.24, 2.45) is 0 Å². The van der Waals surface area contributed by atoms with E-state index in [1.807, 2.05) is 61.5 Å². The van der Waals surface area contributed by atoms with Gasteiger partial charge in [-0.2, -0.15) is 5.26 Å². The molecule has 4 rings (SSSR count). The van der Waals surface area contributed by atoms with Crippen molar-refractivity contribution in [3.05, 3.63) is 78.2 Å². The largest absolute Gasteiger partial charge is 0.339 e. The van der Waals surface area contributed by atoms with Gasteiger partial charge in [0.2, 0.25) is 0 Å². The molecule has 0 unspecified atom stereocenters. The molecule has 27 heavy (non-hydrogen) atoms. The Kier molecular flexibility index (Phi) is 4.33. The Balaban J connectivity index is 1.67. The number of nitrogens with one attached hydrogen (secondary N) is 2. The van der Waals surface area contributed by atoms with E-state index in [9.17, 15) is 5.26 Å². The van der Waals surface area contributed by atoms with Crippen molar-refractivity contribution in [3.63, 3.8) is 0 Å². The topological polar surface area (TPSA) is 86.5 Å². The molecule has 0 atom stereocenters. The number of nitrogens with zero attached hydrogens (tertiary/aromatic N) is 4. The lowest BCUT2D eigenvalue weighted by molar-refractivity contribution is 1.06. The second kappa shape index (κ2) is 7.10. The number of hydrogen-bond donors (Lipinski definition) is 2. The molecule has 0 radical (unpaired) electrons. The van der Waals surface area contributed by atoms with Gasteiger partial charge in [-0.3, -0.25) is 4.98 Å². The average Bonchev–Trinajstić information content (AvgIpc) is 2.68. The summed E-state index contributed by atoms with van der Waals surface area (Å²) < 4.78 is 0. The molecule has 2 N–H and O–H groups in total. The number of nitriles is 1. The van der Waals surface area contributed by atoms with Crippen molar-refractivity contribution >= 4 is 33.9 Å². The number of aromatic nitrogens is 3. The van der Waals surface area contributed by atoms with E-state index in [4.69, 9.17) is 0 Å². The van der Waals surface area contributed by atoms with Gasteiger partial charge in [-0.15, -0.1) is 0 Å². The van der Waals surface area contributed by atoms with Gasteiger partial charge in [0.15, 0.2) is 0 Å². The Bertz CT molecular complexity index is 1160. The summed E-state index contributed by atoms with van der Waals surface area (Å²) in [5.74, 6) is 1.88. The lowest BCUT2D eigenvalue weighted by Gasteiger charge is -2.12. The van der Waals surface area contributed by atoms with Crippen LogP contribution in [0.15, 0.2) is 66.9 Å². The van der Waals surface area contributed by atoms with Crippen LogP contribution in [0.4, 0.5) is 23.0 Å². The maximum atomic E-state index is 9.26. The van der Waals surface area contributed by atoms with E-state index < -0.39 is 0 Å². The zero-order chi connectivity index (χ0) is 18.6. The first-order chi connectivity index (χ1) is 13.2. The Morgan fingerprint density at radius 3 is 2.37 bits per heavy atom. The molecule has 0 aliphatic heterocycles. The van der Waals surface area contributed by atoms with Gasteiger partial charge in [0.1, 0.15) is 23.5 Å². The summed E-state index contributed by atoms with van der Waals surface area (Å²) in [6.07, 6.45) is 1.77. The first kappa shape index (κ1) is 16.5. The van der Waals surface area contributed by atoms with Crippen LogP contribution in [-0.4, -0.2) is 15.0 Å². The van der Waals surface area contributed by atoms with Gasteiger partial charge in [-0.25, -0.2) is 9.97 Å². The van der Waals surface area contributed by atoms with Gasteiger partial charge >= 0.3 is 0 Å². The molecule has 0 saturated carbocycles. The van der Waals surface area contributed by atoms with E-state index in [1.165, 1.54) is 0 Å². The smallest absolute Gasteiger partial charge is 0.136 e. The predicted octanol–water partition coefficient (Wildman–Crippen LogP) is 4.69. The summed E-state index contributed by atoms with van der Waals surface area (Å²) in [5, 5.41) is 16.8. The van der Waals surface area contributed by atoms with Crippen molar-refractivity contribution in [2.45, 2.75) is 6.92 Å². The van der Waals surface area contributed by atoms with Crippen LogP contribution >= 0.6 is 0 Å². The third-order valence-electron chi connectivity index (χ3n) is 4.04. The molecule has 0 bridgehead atoms. The van der Waals surface area contributed by atoms with Gasteiger partial charge in [0, 0.05) is 17.6 Å². The number of aryl methyl sites for hydroxylation is 1. The molecule has 4 aromatic rings. The highest BCUT2D eigenvalue weighted by Crippen LogP contribution is 2.26. The molecule has 0 spiro atoms. The SMILES string of the molecule is Cc1nc(Nc2ccccc2C#N)cc(Nc2cccc3cccnc23)n1. The third kappa shape index (κ3) is 3.53. The molecular weight excluding hydrogens is 336 g/mol. The molecule has 0 aliphatic rings. The average molecular weight is 352 g/mol. The van der Waals surface area contributed by atoms with Crippen LogP contribution in [0, 0.1) is 18.3 Å². The van der Waals surface area contributed by atoms with E-state index in [0.29, 0.717) is 28.7 Å². The van der Waals surface area contributed by atoms with Crippen LogP contribution in [0.25, 0.3) is 10.9 Å². The summed E-state index contributed by atoms with van der Waals surface area (Å²) in [7, 11) is 0. The lowest BCUT2D eigenvalue weighted by Crippen LogP contribution is -2.02. The van der Waals surface area contributed by atoms with Crippen molar-refractivity contribution in [1.82, 2.24) is 15.0 Å². The highest BCUT2D eigenvalue weighted by molar-refractivity contribution is 5.91. The first-order valence-corrected chi connectivity index (χ1v) is 8.45. The number of hydrogen-bond acceptors (Lipinski definition) is 6. The van der Waals surface area contributed by atoms with Crippen LogP contribution in [0.1, 0.15) is 11.4 Å². The number of pyridine rings is 1. The van der Waals surface area contributed by atoms with Crippen LogP contribution in [0.2, 0.25) is 0 Å². The molecule has 2 aromatic heterocycles. The first-order valence-electron chi connectivity index (χ1n) is 8.45. The number of fused-ring (bicyclic) bond motifs is 1. The molecule has 130 valence electrons. The summed E-state index contributed by atoms with van der Waals surface area (Å²) in [6.45, 7) is 1.83. The van der Waals surface area contributed by atoms with E-state index in [1.54, 1.807) is 12.3 Å². The highest BCUT2D eigenvalue weighted by Gasteiger charge is 2.08. The minimum atomic E-state index is 0.557.